The van der Waals surface area contributed by atoms with Crippen molar-refractivity contribution in [3.05, 3.63) is 41.9 Å². The Morgan fingerprint density at radius 1 is 1.26 bits per heavy atom. The Bertz CT molecular complexity index is 646. The molecule has 6 heteroatoms. The summed E-state index contributed by atoms with van der Waals surface area (Å²) in [5, 5.41) is 2.91. The van der Waals surface area contributed by atoms with E-state index in [2.05, 4.69) is 10.3 Å². The molecule has 0 aliphatic heterocycles. The Morgan fingerprint density at radius 2 is 1.91 bits per heavy atom. The van der Waals surface area contributed by atoms with Crippen LogP contribution in [-0.4, -0.2) is 16.9 Å². The molecule has 1 aromatic heterocycles. The van der Waals surface area contributed by atoms with Crippen molar-refractivity contribution in [2.75, 3.05) is 0 Å². The van der Waals surface area contributed by atoms with Crippen molar-refractivity contribution in [3.8, 4) is 11.3 Å². The van der Waals surface area contributed by atoms with E-state index >= 15 is 0 Å². The first-order valence-corrected chi connectivity index (χ1v) is 7.73. The standard InChI is InChI=1S/C17H20F2N2O2/c1-3-11(4-2)21-15(22)8-9-16-20-10-14(23-16)17-12(18)6-5-7-13(17)19/h5-7,10-11H,3-4,8-9H2,1-2H3,(H,21,22). The van der Waals surface area contributed by atoms with Gasteiger partial charge in [0.05, 0.1) is 11.8 Å². The average Bonchev–Trinajstić information content (AvgIpc) is 2.99. The second kappa shape index (κ2) is 7.85. The highest BCUT2D eigenvalue weighted by atomic mass is 19.1. The average molecular weight is 322 g/mol. The van der Waals surface area contributed by atoms with E-state index in [0.29, 0.717) is 0 Å². The molecule has 1 amide bonds. The summed E-state index contributed by atoms with van der Waals surface area (Å²) in [7, 11) is 0. The van der Waals surface area contributed by atoms with Crippen molar-refractivity contribution in [2.24, 2.45) is 0 Å². The number of aryl methyl sites for hydroxylation is 1. The third-order valence-corrected chi connectivity index (χ3v) is 3.68. The van der Waals surface area contributed by atoms with Crippen LogP contribution in [0.4, 0.5) is 8.78 Å². The van der Waals surface area contributed by atoms with E-state index in [1.807, 2.05) is 13.8 Å². The fraction of sp³-hybridized carbons (Fsp3) is 0.412. The van der Waals surface area contributed by atoms with Gasteiger partial charge in [0.1, 0.15) is 11.6 Å². The third-order valence-electron chi connectivity index (χ3n) is 3.68. The number of carbonyl (C=O) groups excluding carboxylic acids is 1. The molecule has 0 saturated heterocycles. The van der Waals surface area contributed by atoms with E-state index in [1.54, 1.807) is 0 Å². The number of halogens is 2. The molecule has 0 fully saturated rings. The molecule has 0 aliphatic rings. The zero-order chi connectivity index (χ0) is 16.8. The van der Waals surface area contributed by atoms with E-state index in [4.69, 9.17) is 4.42 Å². The molecule has 1 N–H and O–H groups in total. The number of hydrogen-bond donors (Lipinski definition) is 1. The van der Waals surface area contributed by atoms with E-state index < -0.39 is 11.6 Å². The van der Waals surface area contributed by atoms with Gasteiger partial charge in [-0.1, -0.05) is 19.9 Å². The van der Waals surface area contributed by atoms with Crippen LogP contribution in [-0.2, 0) is 11.2 Å². The lowest BCUT2D eigenvalue weighted by atomic mass is 10.1. The number of nitrogens with zero attached hydrogens (tertiary/aromatic N) is 1. The lowest BCUT2D eigenvalue weighted by Crippen LogP contribution is -2.33. The molecule has 1 aromatic carbocycles. The molecule has 23 heavy (non-hydrogen) atoms. The molecule has 0 radical (unpaired) electrons. The zero-order valence-electron chi connectivity index (χ0n) is 13.2. The van der Waals surface area contributed by atoms with Gasteiger partial charge in [-0.25, -0.2) is 13.8 Å². The van der Waals surface area contributed by atoms with E-state index in [9.17, 15) is 13.6 Å². The third kappa shape index (κ3) is 4.37. The maximum atomic E-state index is 13.7. The molecular weight excluding hydrogens is 302 g/mol. The lowest BCUT2D eigenvalue weighted by molar-refractivity contribution is -0.121. The van der Waals surface area contributed by atoms with Gasteiger partial charge in [0, 0.05) is 18.9 Å². The van der Waals surface area contributed by atoms with Gasteiger partial charge in [-0.3, -0.25) is 4.79 Å². The molecule has 1 heterocycles. The largest absolute Gasteiger partial charge is 0.441 e. The van der Waals surface area contributed by atoms with Gasteiger partial charge in [0.25, 0.3) is 0 Å². The maximum Gasteiger partial charge on any atom is 0.220 e. The smallest absolute Gasteiger partial charge is 0.220 e. The van der Waals surface area contributed by atoms with E-state index in [1.165, 1.54) is 12.3 Å². The van der Waals surface area contributed by atoms with Crippen molar-refractivity contribution >= 4 is 5.91 Å². The molecule has 124 valence electrons. The Hall–Kier alpha value is -2.24. The lowest BCUT2D eigenvalue weighted by Gasteiger charge is -2.13. The molecular formula is C17H20F2N2O2. The number of benzene rings is 1. The van der Waals surface area contributed by atoms with Gasteiger partial charge in [0.15, 0.2) is 11.7 Å². The van der Waals surface area contributed by atoms with Crippen molar-refractivity contribution in [2.45, 2.75) is 45.6 Å². The molecule has 2 aromatic rings. The van der Waals surface area contributed by atoms with E-state index in [0.717, 1.165) is 25.0 Å². The van der Waals surface area contributed by atoms with Crippen LogP contribution in [0.2, 0.25) is 0 Å². The Balaban J connectivity index is 1.99. The molecule has 0 unspecified atom stereocenters. The van der Waals surface area contributed by atoms with Crippen LogP contribution in [0.1, 0.15) is 39.0 Å². The van der Waals surface area contributed by atoms with Crippen LogP contribution in [0.25, 0.3) is 11.3 Å². The van der Waals surface area contributed by atoms with Crippen LogP contribution < -0.4 is 5.32 Å². The van der Waals surface area contributed by atoms with Gasteiger partial charge < -0.3 is 9.73 Å². The van der Waals surface area contributed by atoms with Gasteiger partial charge in [-0.15, -0.1) is 0 Å². The Kier molecular flexibility index (Phi) is 5.84. The summed E-state index contributed by atoms with van der Waals surface area (Å²) >= 11 is 0. The Morgan fingerprint density at radius 3 is 2.52 bits per heavy atom. The minimum atomic E-state index is -0.709. The fourth-order valence-electron chi connectivity index (χ4n) is 2.29. The van der Waals surface area contributed by atoms with Crippen LogP contribution in [0.5, 0.6) is 0 Å². The zero-order valence-corrected chi connectivity index (χ0v) is 13.2. The van der Waals surface area contributed by atoms with Crippen molar-refractivity contribution < 1.29 is 18.0 Å². The number of oxazole rings is 1. The summed E-state index contributed by atoms with van der Waals surface area (Å²) in [6.45, 7) is 4.02. The highest BCUT2D eigenvalue weighted by Crippen LogP contribution is 2.26. The highest BCUT2D eigenvalue weighted by molar-refractivity contribution is 5.76. The van der Waals surface area contributed by atoms with Crippen LogP contribution in [0, 0.1) is 11.6 Å². The number of carbonyl (C=O) groups is 1. The summed E-state index contributed by atoms with van der Waals surface area (Å²) in [5.74, 6) is -1.20. The van der Waals surface area contributed by atoms with Crippen molar-refractivity contribution in [3.63, 3.8) is 0 Å². The highest BCUT2D eigenvalue weighted by Gasteiger charge is 2.16. The number of rotatable bonds is 7. The van der Waals surface area contributed by atoms with Crippen molar-refractivity contribution in [1.29, 1.82) is 0 Å². The van der Waals surface area contributed by atoms with Crippen LogP contribution in [0.3, 0.4) is 0 Å². The molecule has 0 atom stereocenters. The summed E-state index contributed by atoms with van der Waals surface area (Å²) in [4.78, 5) is 15.8. The monoisotopic (exact) mass is 322 g/mol. The van der Waals surface area contributed by atoms with Gasteiger partial charge in [0.2, 0.25) is 5.91 Å². The van der Waals surface area contributed by atoms with Gasteiger partial charge in [-0.05, 0) is 25.0 Å². The van der Waals surface area contributed by atoms with E-state index in [-0.39, 0.29) is 42.0 Å². The number of aromatic nitrogens is 1. The minimum absolute atomic E-state index is 0.0241. The molecule has 2 rings (SSSR count). The maximum absolute atomic E-state index is 13.7. The summed E-state index contributed by atoms with van der Waals surface area (Å²) in [6.07, 6.45) is 3.52. The fourth-order valence-corrected chi connectivity index (χ4v) is 2.29. The number of hydrogen-bond acceptors (Lipinski definition) is 3. The second-order valence-electron chi connectivity index (χ2n) is 5.30. The first-order valence-electron chi connectivity index (χ1n) is 7.73. The normalized spacial score (nSPS) is 11.0. The first-order chi connectivity index (χ1) is 11.0. The topological polar surface area (TPSA) is 55.1 Å². The summed E-state index contributed by atoms with van der Waals surface area (Å²) in [6, 6.07) is 3.76. The van der Waals surface area contributed by atoms with Gasteiger partial charge >= 0.3 is 0 Å². The Labute approximate surface area is 133 Å². The molecule has 4 nitrogen and oxygen atoms in total. The van der Waals surface area contributed by atoms with Crippen LogP contribution in [0.15, 0.2) is 28.8 Å². The number of amides is 1. The minimum Gasteiger partial charge on any atom is -0.441 e. The predicted octanol–water partition coefficient (Wildman–Crippen LogP) is 3.86. The predicted molar refractivity (Wildman–Crippen MR) is 82.7 cm³/mol. The quantitative estimate of drug-likeness (QED) is 0.842. The SMILES string of the molecule is CCC(CC)NC(=O)CCc1ncc(-c2c(F)cccc2F)o1. The summed E-state index contributed by atoms with van der Waals surface area (Å²) in [5.41, 5.74) is -0.243. The first kappa shape index (κ1) is 17.1. The van der Waals surface area contributed by atoms with Crippen LogP contribution >= 0.6 is 0 Å². The van der Waals surface area contributed by atoms with Gasteiger partial charge in [-0.2, -0.15) is 0 Å². The molecule has 0 bridgehead atoms. The second-order valence-corrected chi connectivity index (χ2v) is 5.30. The number of nitrogens with one attached hydrogen (secondary N) is 1. The molecule has 0 saturated carbocycles. The molecule has 0 aliphatic carbocycles. The summed E-state index contributed by atoms with van der Waals surface area (Å²) < 4.78 is 32.7. The molecule has 0 spiro atoms. The van der Waals surface area contributed by atoms with Crippen molar-refractivity contribution in [1.82, 2.24) is 10.3 Å².